The lowest BCUT2D eigenvalue weighted by atomic mass is 10.0. The molecule has 0 aliphatic heterocycles. The van der Waals surface area contributed by atoms with E-state index in [-0.39, 0.29) is 18.5 Å². The monoisotopic (exact) mass is 984 g/mol. The SMILES string of the molecule is CCCC/C=C\CCCCCCCC(=O)OCCCCCCCCCCCC/C=C\CCCCCCCCCC(=O)NC(CO)C(O)/C=C/CCCCCCCCCCCCCCCCCCCCC. The topological polar surface area (TPSA) is 95.9 Å². The molecule has 2 atom stereocenters. The molecule has 0 fully saturated rings. The third-order valence-corrected chi connectivity index (χ3v) is 14.4. The summed E-state index contributed by atoms with van der Waals surface area (Å²) in [7, 11) is 0. The summed E-state index contributed by atoms with van der Waals surface area (Å²) in [5.41, 5.74) is 0. The number of amides is 1. The molecule has 3 N–H and O–H groups in total. The third-order valence-electron chi connectivity index (χ3n) is 14.4. The van der Waals surface area contributed by atoms with Crippen molar-refractivity contribution in [1.82, 2.24) is 5.32 Å². The quantitative estimate of drug-likeness (QED) is 0.0321. The molecule has 0 saturated heterocycles. The summed E-state index contributed by atoms with van der Waals surface area (Å²) >= 11 is 0. The summed E-state index contributed by atoms with van der Waals surface area (Å²) in [5, 5.41) is 23.2. The molecule has 0 radical (unpaired) electrons. The number of ether oxygens (including phenoxy) is 1. The van der Waals surface area contributed by atoms with E-state index in [2.05, 4.69) is 43.5 Å². The molecular formula is C64H121NO5. The molecule has 0 bridgehead atoms. The van der Waals surface area contributed by atoms with Gasteiger partial charge in [-0.15, -0.1) is 0 Å². The highest BCUT2D eigenvalue weighted by molar-refractivity contribution is 5.76. The molecule has 0 aliphatic carbocycles. The molecule has 6 heteroatoms. The van der Waals surface area contributed by atoms with E-state index < -0.39 is 12.1 Å². The van der Waals surface area contributed by atoms with Crippen molar-refractivity contribution < 1.29 is 24.5 Å². The van der Waals surface area contributed by atoms with Crippen molar-refractivity contribution in [3.63, 3.8) is 0 Å². The molecule has 0 rings (SSSR count). The van der Waals surface area contributed by atoms with Crippen LogP contribution in [0.25, 0.3) is 0 Å². The Kier molecular flexibility index (Phi) is 58.0. The number of nitrogens with one attached hydrogen (secondary N) is 1. The Bertz CT molecular complexity index is 1130. The smallest absolute Gasteiger partial charge is 0.305 e. The molecule has 0 aromatic carbocycles. The van der Waals surface area contributed by atoms with Crippen LogP contribution in [0.5, 0.6) is 0 Å². The Balaban J connectivity index is 3.47. The highest BCUT2D eigenvalue weighted by Gasteiger charge is 2.18. The van der Waals surface area contributed by atoms with Crippen LogP contribution in [-0.4, -0.2) is 47.4 Å². The minimum absolute atomic E-state index is 0.00347. The molecule has 0 spiro atoms. The molecule has 0 aromatic rings. The maximum absolute atomic E-state index is 12.5. The van der Waals surface area contributed by atoms with E-state index in [1.807, 2.05) is 6.08 Å². The lowest BCUT2D eigenvalue weighted by Gasteiger charge is -2.20. The maximum Gasteiger partial charge on any atom is 0.305 e. The van der Waals surface area contributed by atoms with Gasteiger partial charge in [-0.05, 0) is 77.0 Å². The van der Waals surface area contributed by atoms with Crippen LogP contribution in [0.2, 0.25) is 0 Å². The van der Waals surface area contributed by atoms with Crippen molar-refractivity contribution in [1.29, 1.82) is 0 Å². The lowest BCUT2D eigenvalue weighted by Crippen LogP contribution is -2.45. The molecule has 70 heavy (non-hydrogen) atoms. The summed E-state index contributed by atoms with van der Waals surface area (Å²) < 4.78 is 5.45. The van der Waals surface area contributed by atoms with Crippen molar-refractivity contribution >= 4 is 11.9 Å². The normalized spacial score (nSPS) is 12.8. The molecule has 1 amide bonds. The summed E-state index contributed by atoms with van der Waals surface area (Å²) in [5.74, 6) is -0.0769. The first-order valence-electron chi connectivity index (χ1n) is 31.3. The summed E-state index contributed by atoms with van der Waals surface area (Å²) in [6.45, 7) is 4.88. The Morgan fingerprint density at radius 1 is 0.386 bits per heavy atom. The van der Waals surface area contributed by atoms with E-state index in [1.54, 1.807) is 6.08 Å². The molecule has 412 valence electrons. The zero-order valence-electron chi connectivity index (χ0n) is 47.0. The van der Waals surface area contributed by atoms with Crippen LogP contribution >= 0.6 is 0 Å². The first-order valence-corrected chi connectivity index (χ1v) is 31.3. The summed E-state index contributed by atoms with van der Waals surface area (Å²) in [4.78, 5) is 24.5. The van der Waals surface area contributed by atoms with E-state index in [0.29, 0.717) is 19.4 Å². The van der Waals surface area contributed by atoms with Gasteiger partial charge in [-0.2, -0.15) is 0 Å². The second kappa shape index (κ2) is 59.6. The lowest BCUT2D eigenvalue weighted by molar-refractivity contribution is -0.143. The molecule has 6 nitrogen and oxygen atoms in total. The van der Waals surface area contributed by atoms with E-state index in [4.69, 9.17) is 4.74 Å². The number of carbonyl (C=O) groups excluding carboxylic acids is 2. The minimum Gasteiger partial charge on any atom is -0.466 e. The van der Waals surface area contributed by atoms with E-state index >= 15 is 0 Å². The van der Waals surface area contributed by atoms with Gasteiger partial charge >= 0.3 is 5.97 Å². The van der Waals surface area contributed by atoms with Gasteiger partial charge in [-0.25, -0.2) is 0 Å². The van der Waals surface area contributed by atoms with Crippen LogP contribution in [0.4, 0.5) is 0 Å². The fourth-order valence-corrected chi connectivity index (χ4v) is 9.55. The largest absolute Gasteiger partial charge is 0.466 e. The summed E-state index contributed by atoms with van der Waals surface area (Å²) in [6, 6.07) is -0.635. The average molecular weight is 985 g/mol. The number of allylic oxidation sites excluding steroid dienone is 5. The number of esters is 1. The van der Waals surface area contributed by atoms with Gasteiger partial charge < -0.3 is 20.3 Å². The number of rotatable bonds is 58. The number of carbonyl (C=O) groups is 2. The fraction of sp³-hybridized carbons (Fsp3) is 0.875. The van der Waals surface area contributed by atoms with Gasteiger partial charge in [-0.3, -0.25) is 9.59 Å². The molecule has 0 aliphatic rings. The van der Waals surface area contributed by atoms with Gasteiger partial charge in [0.2, 0.25) is 5.91 Å². The Morgan fingerprint density at radius 3 is 1.06 bits per heavy atom. The molecule has 0 heterocycles. The van der Waals surface area contributed by atoms with E-state index in [1.165, 1.54) is 257 Å². The number of hydrogen-bond acceptors (Lipinski definition) is 5. The number of unbranched alkanes of at least 4 members (excludes halogenated alkanes) is 43. The van der Waals surface area contributed by atoms with Crippen molar-refractivity contribution in [2.24, 2.45) is 0 Å². The zero-order chi connectivity index (χ0) is 50.7. The van der Waals surface area contributed by atoms with Crippen LogP contribution < -0.4 is 5.32 Å². The van der Waals surface area contributed by atoms with Crippen molar-refractivity contribution in [2.45, 2.75) is 347 Å². The van der Waals surface area contributed by atoms with Crippen LogP contribution in [0.1, 0.15) is 335 Å². The molecular weight excluding hydrogens is 863 g/mol. The third kappa shape index (κ3) is 55.4. The van der Waals surface area contributed by atoms with Crippen LogP contribution in [0, 0.1) is 0 Å². The minimum atomic E-state index is -0.851. The maximum atomic E-state index is 12.5. The van der Waals surface area contributed by atoms with Crippen molar-refractivity contribution in [2.75, 3.05) is 13.2 Å². The fourth-order valence-electron chi connectivity index (χ4n) is 9.55. The highest BCUT2D eigenvalue weighted by Crippen LogP contribution is 2.17. The number of aliphatic hydroxyl groups is 2. The van der Waals surface area contributed by atoms with Gasteiger partial charge in [0.25, 0.3) is 0 Å². The van der Waals surface area contributed by atoms with Crippen molar-refractivity contribution in [3.8, 4) is 0 Å². The van der Waals surface area contributed by atoms with Crippen LogP contribution in [0.3, 0.4) is 0 Å². The van der Waals surface area contributed by atoms with E-state index in [9.17, 15) is 19.8 Å². The first kappa shape index (κ1) is 68.1. The van der Waals surface area contributed by atoms with Gasteiger partial charge in [-0.1, -0.05) is 281 Å². The Labute approximate surface area is 436 Å². The Morgan fingerprint density at radius 2 is 0.686 bits per heavy atom. The number of hydrogen-bond donors (Lipinski definition) is 3. The van der Waals surface area contributed by atoms with Crippen molar-refractivity contribution in [3.05, 3.63) is 36.5 Å². The van der Waals surface area contributed by atoms with Gasteiger partial charge in [0.1, 0.15) is 0 Å². The zero-order valence-corrected chi connectivity index (χ0v) is 47.0. The van der Waals surface area contributed by atoms with E-state index in [0.717, 1.165) is 51.4 Å². The van der Waals surface area contributed by atoms with Crippen LogP contribution in [0.15, 0.2) is 36.5 Å². The molecule has 0 saturated carbocycles. The number of aliphatic hydroxyl groups excluding tert-OH is 2. The highest BCUT2D eigenvalue weighted by atomic mass is 16.5. The van der Waals surface area contributed by atoms with Gasteiger partial charge in [0.05, 0.1) is 25.4 Å². The molecule has 2 unspecified atom stereocenters. The predicted octanol–water partition coefficient (Wildman–Crippen LogP) is 19.6. The second-order valence-electron chi connectivity index (χ2n) is 21.4. The standard InChI is InChI=1S/C64H121NO5/c1-3-5-7-9-11-13-15-16-17-18-19-21-24-27-30-33-37-40-44-48-52-56-62(67)61(60-66)65-63(68)57-53-49-45-41-38-34-31-28-25-22-20-23-26-29-32-35-39-43-47-51-55-59-70-64(69)58-54-50-46-42-36-14-12-10-8-6-4-2/h10,12,22,25,52,56,61-62,66-67H,3-9,11,13-21,23-24,26-51,53-55,57-60H2,1-2H3,(H,65,68)/b12-10-,25-22-,56-52+. The summed E-state index contributed by atoms with van der Waals surface area (Å²) in [6.07, 6.45) is 74.7. The van der Waals surface area contributed by atoms with Crippen LogP contribution in [-0.2, 0) is 14.3 Å². The average Bonchev–Trinajstić information content (AvgIpc) is 3.36. The first-order chi connectivity index (χ1) is 34.5. The second-order valence-corrected chi connectivity index (χ2v) is 21.4. The molecule has 0 aromatic heterocycles. The predicted molar refractivity (Wildman–Crippen MR) is 306 cm³/mol. The van der Waals surface area contributed by atoms with Gasteiger partial charge in [0, 0.05) is 12.8 Å². The van der Waals surface area contributed by atoms with Gasteiger partial charge in [0.15, 0.2) is 0 Å². The Hall–Kier alpha value is -1.92.